The Morgan fingerprint density at radius 3 is 0.630 bits per heavy atom. The largest absolute Gasteiger partial charge is 0.217 e. The Hall–Kier alpha value is 3.92. The van der Waals surface area contributed by atoms with Crippen molar-refractivity contribution in [2.45, 2.75) is 23.9 Å². The second-order valence-corrected chi connectivity index (χ2v) is 16.6. The first-order valence-electron chi connectivity index (χ1n) is 5.81. The minimum Gasteiger partial charge on any atom is -0.143 e. The second kappa shape index (κ2) is 9.28. The standard InChI is InChI=1S/C11HCl15S/c12-7(13,14)1-2(8(15,16)17)4(10(21,22)23)6(27)5(11(24,25)26)3(1)9(18,19)20/h27H. The average Bonchev–Trinajstić information content (AvgIpc) is 2.29. The number of hydrogen-bond donors (Lipinski definition) is 1. The van der Waals surface area contributed by atoms with E-state index < -0.39 is 35.7 Å². The summed E-state index contributed by atoms with van der Waals surface area (Å²) < 4.78 is -11.6. The van der Waals surface area contributed by atoms with Gasteiger partial charge in [-0.15, -0.1) is 12.6 Å². The highest BCUT2D eigenvalue weighted by atomic mass is 35.6. The third-order valence-electron chi connectivity index (χ3n) is 2.89. The maximum absolute atomic E-state index is 6.07. The van der Waals surface area contributed by atoms with Gasteiger partial charge < -0.3 is 0 Å². The first-order valence-corrected chi connectivity index (χ1v) is 11.9. The van der Waals surface area contributed by atoms with Crippen LogP contribution in [0.4, 0.5) is 0 Å². The van der Waals surface area contributed by atoms with Crippen molar-refractivity contribution in [1.29, 1.82) is 0 Å². The Labute approximate surface area is 235 Å². The molecule has 0 radical (unpaired) electrons. The molecule has 0 saturated carbocycles. The molecule has 0 spiro atoms. The predicted molar refractivity (Wildman–Crippen MR) is 130 cm³/mol. The number of benzene rings is 1. The number of thiol groups is 1. The SMILES string of the molecule is Sc1c(C(Cl)(Cl)Cl)c(C(Cl)(Cl)Cl)c(C(Cl)(Cl)Cl)c(C(Cl)(Cl)Cl)c1C(Cl)(Cl)Cl. The fraction of sp³-hybridized carbons (Fsp3) is 0.455. The van der Waals surface area contributed by atoms with Gasteiger partial charge in [0.05, 0.1) is 0 Å². The van der Waals surface area contributed by atoms with Crippen molar-refractivity contribution in [2.75, 3.05) is 0 Å². The van der Waals surface area contributed by atoms with Gasteiger partial charge in [0.2, 0.25) is 19.0 Å². The number of rotatable bonds is 0. The molecule has 0 bridgehead atoms. The van der Waals surface area contributed by atoms with E-state index in [0.29, 0.717) is 0 Å². The zero-order valence-corrected chi connectivity index (χ0v) is 23.9. The van der Waals surface area contributed by atoms with Crippen LogP contribution in [0.25, 0.3) is 0 Å². The van der Waals surface area contributed by atoms with Gasteiger partial charge in [-0.3, -0.25) is 0 Å². The van der Waals surface area contributed by atoms with E-state index in [1.54, 1.807) is 0 Å². The highest BCUT2D eigenvalue weighted by Gasteiger charge is 2.51. The molecule has 1 aromatic rings. The lowest BCUT2D eigenvalue weighted by molar-refractivity contribution is 0.919. The molecule has 0 nitrogen and oxygen atoms in total. The second-order valence-electron chi connectivity index (χ2n) is 4.71. The van der Waals surface area contributed by atoms with Crippen molar-refractivity contribution >= 4 is 187 Å². The monoisotopic (exact) mass is 690 g/mol. The van der Waals surface area contributed by atoms with Gasteiger partial charge in [0, 0.05) is 32.7 Å². The molecule has 0 aromatic heterocycles. The topological polar surface area (TPSA) is 0 Å². The Bertz CT molecular complexity index is 672. The summed E-state index contributed by atoms with van der Waals surface area (Å²) in [6, 6.07) is 0. The molecule has 0 aliphatic rings. The van der Waals surface area contributed by atoms with E-state index in [4.69, 9.17) is 174 Å². The third kappa shape index (κ3) is 6.95. The van der Waals surface area contributed by atoms with Crippen LogP contribution in [0.5, 0.6) is 0 Å². The van der Waals surface area contributed by atoms with Gasteiger partial charge in [0.15, 0.2) is 0 Å². The molecule has 1 aromatic carbocycles. The molecule has 156 valence electrons. The molecule has 0 N–H and O–H groups in total. The van der Waals surface area contributed by atoms with Crippen LogP contribution in [0.15, 0.2) is 4.90 Å². The summed E-state index contributed by atoms with van der Waals surface area (Å²) >= 11 is 95.0. The summed E-state index contributed by atoms with van der Waals surface area (Å²) in [6.07, 6.45) is 0. The maximum Gasteiger partial charge on any atom is 0.217 e. The molecular weight excluding hydrogens is 696 g/mol. The number of hydrogen-bond acceptors (Lipinski definition) is 1. The summed E-state index contributed by atoms with van der Waals surface area (Å²) in [5, 5.41) is 0. The molecule has 0 aliphatic heterocycles. The Morgan fingerprint density at radius 1 is 0.333 bits per heavy atom. The van der Waals surface area contributed by atoms with Gasteiger partial charge in [0.25, 0.3) is 0 Å². The molecule has 0 saturated heterocycles. The molecular formula is C11HCl15S. The number of alkyl halides is 15. The zero-order chi connectivity index (χ0) is 22.0. The smallest absolute Gasteiger partial charge is 0.143 e. The summed E-state index contributed by atoms with van der Waals surface area (Å²) in [5.74, 6) is 0. The van der Waals surface area contributed by atoms with Gasteiger partial charge in [-0.2, -0.15) is 0 Å². The van der Waals surface area contributed by atoms with E-state index in [1.165, 1.54) is 0 Å². The summed E-state index contributed by atoms with van der Waals surface area (Å²) in [4.78, 5) is -0.268. The maximum atomic E-state index is 6.07. The normalized spacial score (nSPS) is 14.7. The zero-order valence-electron chi connectivity index (χ0n) is 11.6. The molecule has 0 fully saturated rings. The van der Waals surface area contributed by atoms with Gasteiger partial charge >= 0.3 is 0 Å². The Kier molecular flexibility index (Phi) is 9.95. The quantitative estimate of drug-likeness (QED) is 0.203. The first kappa shape index (κ1) is 29.0. The van der Waals surface area contributed by atoms with E-state index in [1.807, 2.05) is 0 Å². The fourth-order valence-corrected chi connectivity index (χ4v) is 5.93. The molecule has 16 heteroatoms. The van der Waals surface area contributed by atoms with Crippen molar-refractivity contribution in [3.63, 3.8) is 0 Å². The molecule has 0 aliphatic carbocycles. The van der Waals surface area contributed by atoms with Gasteiger partial charge in [-0.25, -0.2) is 0 Å². The lowest BCUT2D eigenvalue weighted by Crippen LogP contribution is -2.28. The van der Waals surface area contributed by atoms with Crippen LogP contribution >= 0.6 is 187 Å². The van der Waals surface area contributed by atoms with Crippen LogP contribution < -0.4 is 0 Å². The van der Waals surface area contributed by atoms with E-state index in [-0.39, 0.29) is 16.0 Å². The average molecular weight is 697 g/mol. The molecule has 0 atom stereocenters. The highest BCUT2D eigenvalue weighted by Crippen LogP contribution is 2.63. The van der Waals surface area contributed by atoms with Crippen molar-refractivity contribution in [3.8, 4) is 0 Å². The van der Waals surface area contributed by atoms with E-state index in [0.717, 1.165) is 0 Å². The third-order valence-corrected chi connectivity index (χ3v) is 6.17. The summed E-state index contributed by atoms with van der Waals surface area (Å²) in [5.41, 5.74) is -2.01. The van der Waals surface area contributed by atoms with Gasteiger partial charge in [0.1, 0.15) is 0 Å². The van der Waals surface area contributed by atoms with E-state index in [9.17, 15) is 0 Å². The van der Waals surface area contributed by atoms with Crippen LogP contribution in [0.3, 0.4) is 0 Å². The highest BCUT2D eigenvalue weighted by molar-refractivity contribution is 7.80. The summed E-state index contributed by atoms with van der Waals surface area (Å²) in [7, 11) is 0. The lowest BCUT2D eigenvalue weighted by atomic mass is 9.93. The molecule has 0 unspecified atom stereocenters. The van der Waals surface area contributed by atoms with Crippen LogP contribution in [0.1, 0.15) is 27.8 Å². The van der Waals surface area contributed by atoms with Crippen LogP contribution in [0, 0.1) is 0 Å². The van der Waals surface area contributed by atoms with E-state index in [2.05, 4.69) is 12.6 Å². The molecule has 0 heterocycles. The molecule has 0 amide bonds. The van der Waals surface area contributed by atoms with Crippen molar-refractivity contribution in [2.24, 2.45) is 0 Å². The van der Waals surface area contributed by atoms with Gasteiger partial charge in [-0.1, -0.05) is 174 Å². The minimum absolute atomic E-state index is 0.268. The summed E-state index contributed by atoms with van der Waals surface area (Å²) in [6.45, 7) is 0. The number of halogens is 15. The predicted octanol–water partition coefficient (Wildman–Crippen LogP) is 11.1. The van der Waals surface area contributed by atoms with E-state index >= 15 is 0 Å². The lowest BCUT2D eigenvalue weighted by Gasteiger charge is -2.36. The first-order chi connectivity index (χ1) is 11.5. The van der Waals surface area contributed by atoms with Crippen LogP contribution in [-0.2, 0) is 19.0 Å². The van der Waals surface area contributed by atoms with Crippen LogP contribution in [-0.4, -0.2) is 0 Å². The van der Waals surface area contributed by atoms with Crippen molar-refractivity contribution in [1.82, 2.24) is 0 Å². The van der Waals surface area contributed by atoms with Crippen molar-refractivity contribution < 1.29 is 0 Å². The van der Waals surface area contributed by atoms with Gasteiger partial charge in [-0.05, 0) is 0 Å². The van der Waals surface area contributed by atoms with Crippen molar-refractivity contribution in [3.05, 3.63) is 27.8 Å². The fourth-order valence-electron chi connectivity index (χ4n) is 2.14. The Balaban J connectivity index is 4.58. The van der Waals surface area contributed by atoms with Crippen LogP contribution in [0.2, 0.25) is 0 Å². The Morgan fingerprint density at radius 2 is 0.481 bits per heavy atom. The minimum atomic E-state index is -2.38. The molecule has 27 heavy (non-hydrogen) atoms. The molecule has 1 rings (SSSR count).